The second kappa shape index (κ2) is 5.28. The molecule has 0 amide bonds. The summed E-state index contributed by atoms with van der Waals surface area (Å²) >= 11 is 9.41. The molecule has 0 aliphatic heterocycles. The van der Waals surface area contributed by atoms with Crippen LogP contribution in [0.5, 0.6) is 0 Å². The van der Waals surface area contributed by atoms with Crippen molar-refractivity contribution in [2.75, 3.05) is 5.32 Å². The highest BCUT2D eigenvalue weighted by Crippen LogP contribution is 2.32. The summed E-state index contributed by atoms with van der Waals surface area (Å²) in [6.07, 6.45) is 3.44. The first kappa shape index (κ1) is 13.4. The maximum Gasteiger partial charge on any atom is 0.207 e. The Labute approximate surface area is 118 Å². The zero-order valence-corrected chi connectivity index (χ0v) is 12.3. The van der Waals surface area contributed by atoms with Crippen LogP contribution >= 0.6 is 27.5 Å². The molecule has 1 aromatic carbocycles. The Morgan fingerprint density at radius 3 is 2.78 bits per heavy atom. The molecule has 1 aromatic heterocycles. The van der Waals surface area contributed by atoms with Crippen molar-refractivity contribution in [2.45, 2.75) is 19.9 Å². The third-order valence-corrected chi connectivity index (χ3v) is 3.17. The zero-order valence-electron chi connectivity index (χ0n) is 9.92. The lowest BCUT2D eigenvalue weighted by molar-refractivity contribution is 0.626. The lowest BCUT2D eigenvalue weighted by Gasteiger charge is -2.14. The molecule has 0 saturated heterocycles. The van der Waals surface area contributed by atoms with Crippen LogP contribution in [0.4, 0.5) is 10.3 Å². The first-order valence-electron chi connectivity index (χ1n) is 5.44. The van der Waals surface area contributed by atoms with Gasteiger partial charge >= 0.3 is 0 Å². The number of hydrogen-bond donors (Lipinski definition) is 1. The van der Waals surface area contributed by atoms with Gasteiger partial charge in [0.1, 0.15) is 5.82 Å². The predicted molar refractivity (Wildman–Crippen MR) is 75.0 cm³/mol. The molecule has 6 heteroatoms. The van der Waals surface area contributed by atoms with Crippen LogP contribution in [0.2, 0.25) is 5.02 Å². The molecule has 0 bridgehead atoms. The monoisotopic (exact) mass is 331 g/mol. The second-order valence-corrected chi connectivity index (χ2v) is 5.40. The van der Waals surface area contributed by atoms with Gasteiger partial charge in [0.25, 0.3) is 0 Å². The van der Waals surface area contributed by atoms with Crippen molar-refractivity contribution in [1.29, 1.82) is 0 Å². The van der Waals surface area contributed by atoms with Crippen LogP contribution in [0, 0.1) is 5.82 Å². The maximum atomic E-state index is 13.2. The topological polar surface area (TPSA) is 29.9 Å². The Morgan fingerprint density at radius 2 is 2.17 bits per heavy atom. The molecule has 0 radical (unpaired) electrons. The smallest absolute Gasteiger partial charge is 0.207 e. The molecule has 0 spiro atoms. The number of rotatable bonds is 3. The van der Waals surface area contributed by atoms with E-state index in [1.807, 2.05) is 13.8 Å². The maximum absolute atomic E-state index is 13.2. The summed E-state index contributed by atoms with van der Waals surface area (Å²) in [5.41, 5.74) is 0.665. The van der Waals surface area contributed by atoms with Gasteiger partial charge in [-0.05, 0) is 41.9 Å². The van der Waals surface area contributed by atoms with Crippen LogP contribution in [0.1, 0.15) is 13.8 Å². The molecule has 0 aliphatic rings. The minimum absolute atomic E-state index is 0.240. The van der Waals surface area contributed by atoms with E-state index >= 15 is 0 Å². The molecule has 3 nitrogen and oxygen atoms in total. The van der Waals surface area contributed by atoms with Gasteiger partial charge in [-0.2, -0.15) is 0 Å². The SMILES string of the molecule is CC(C)Nc1nccn1-c1c(Cl)cc(F)cc1Br. The van der Waals surface area contributed by atoms with E-state index in [0.29, 0.717) is 21.1 Å². The van der Waals surface area contributed by atoms with Gasteiger partial charge in [0.15, 0.2) is 0 Å². The van der Waals surface area contributed by atoms with E-state index in [9.17, 15) is 4.39 Å². The summed E-state index contributed by atoms with van der Waals surface area (Å²) in [7, 11) is 0. The number of anilines is 1. The third kappa shape index (κ3) is 2.67. The molecule has 0 saturated carbocycles. The molecule has 2 aromatic rings. The Morgan fingerprint density at radius 1 is 1.44 bits per heavy atom. The quantitative estimate of drug-likeness (QED) is 0.910. The van der Waals surface area contributed by atoms with E-state index in [0.717, 1.165) is 0 Å². The first-order valence-corrected chi connectivity index (χ1v) is 6.61. The molecule has 18 heavy (non-hydrogen) atoms. The number of imidazole rings is 1. The number of halogens is 3. The number of aromatic nitrogens is 2. The van der Waals surface area contributed by atoms with E-state index in [-0.39, 0.29) is 11.9 Å². The lowest BCUT2D eigenvalue weighted by atomic mass is 10.3. The van der Waals surface area contributed by atoms with Gasteiger partial charge in [-0.15, -0.1) is 0 Å². The summed E-state index contributed by atoms with van der Waals surface area (Å²) in [6, 6.07) is 2.89. The number of nitrogens with zero attached hydrogens (tertiary/aromatic N) is 2. The minimum Gasteiger partial charge on any atom is -0.353 e. The van der Waals surface area contributed by atoms with Crippen molar-refractivity contribution < 1.29 is 4.39 Å². The van der Waals surface area contributed by atoms with E-state index in [1.54, 1.807) is 17.0 Å². The third-order valence-electron chi connectivity index (χ3n) is 2.28. The largest absolute Gasteiger partial charge is 0.353 e. The molecule has 0 aliphatic carbocycles. The summed E-state index contributed by atoms with van der Waals surface area (Å²) in [5, 5.41) is 3.53. The normalized spacial score (nSPS) is 11.0. The molecule has 0 unspecified atom stereocenters. The van der Waals surface area contributed by atoms with Crippen LogP contribution < -0.4 is 5.32 Å². The van der Waals surface area contributed by atoms with Crippen molar-refractivity contribution in [3.8, 4) is 5.69 Å². The Hall–Kier alpha value is -1.07. The summed E-state index contributed by atoms with van der Waals surface area (Å²) in [6.45, 7) is 4.03. The van der Waals surface area contributed by atoms with Crippen LogP contribution in [0.25, 0.3) is 5.69 Å². The van der Waals surface area contributed by atoms with Crippen molar-refractivity contribution in [3.63, 3.8) is 0 Å². The molecular formula is C12H12BrClFN3. The molecule has 0 atom stereocenters. The minimum atomic E-state index is -0.380. The standard InChI is InChI=1S/C12H12BrClFN3/c1-7(2)17-12-16-3-4-18(12)11-9(13)5-8(15)6-10(11)14/h3-7H,1-2H3,(H,16,17). The van der Waals surface area contributed by atoms with Gasteiger partial charge in [-0.25, -0.2) is 9.37 Å². The number of nitrogens with one attached hydrogen (secondary N) is 1. The first-order chi connectivity index (χ1) is 8.49. The van der Waals surface area contributed by atoms with E-state index in [2.05, 4.69) is 26.2 Å². The summed E-state index contributed by atoms with van der Waals surface area (Å²) in [4.78, 5) is 4.22. The van der Waals surface area contributed by atoms with Crippen molar-refractivity contribution >= 4 is 33.5 Å². The highest BCUT2D eigenvalue weighted by atomic mass is 79.9. The van der Waals surface area contributed by atoms with E-state index < -0.39 is 0 Å². The van der Waals surface area contributed by atoms with Gasteiger partial charge in [-0.3, -0.25) is 4.57 Å². The summed E-state index contributed by atoms with van der Waals surface area (Å²) < 4.78 is 15.6. The van der Waals surface area contributed by atoms with Gasteiger partial charge < -0.3 is 5.32 Å². The van der Waals surface area contributed by atoms with Crippen LogP contribution in [0.3, 0.4) is 0 Å². The molecule has 0 fully saturated rings. The average Bonchev–Trinajstić information content (AvgIpc) is 2.63. The summed E-state index contributed by atoms with van der Waals surface area (Å²) in [5.74, 6) is 0.285. The fraction of sp³-hybridized carbons (Fsp3) is 0.250. The Bertz CT molecular complexity index is 545. The second-order valence-electron chi connectivity index (χ2n) is 4.14. The van der Waals surface area contributed by atoms with Gasteiger partial charge in [0, 0.05) is 22.9 Å². The van der Waals surface area contributed by atoms with Crippen molar-refractivity contribution in [1.82, 2.24) is 9.55 Å². The van der Waals surface area contributed by atoms with Crippen LogP contribution in [0.15, 0.2) is 29.0 Å². The molecule has 96 valence electrons. The van der Waals surface area contributed by atoms with Crippen molar-refractivity contribution in [2.24, 2.45) is 0 Å². The lowest BCUT2D eigenvalue weighted by Crippen LogP contribution is -2.14. The number of hydrogen-bond acceptors (Lipinski definition) is 2. The molecule has 2 rings (SSSR count). The van der Waals surface area contributed by atoms with Gasteiger partial charge in [0.2, 0.25) is 5.95 Å². The van der Waals surface area contributed by atoms with Crippen molar-refractivity contribution in [3.05, 3.63) is 39.8 Å². The number of benzene rings is 1. The molecule has 1 heterocycles. The van der Waals surface area contributed by atoms with E-state index in [4.69, 9.17) is 11.6 Å². The van der Waals surface area contributed by atoms with Gasteiger partial charge in [-0.1, -0.05) is 11.6 Å². The molecule has 1 N–H and O–H groups in total. The fourth-order valence-electron chi connectivity index (χ4n) is 1.61. The highest BCUT2D eigenvalue weighted by molar-refractivity contribution is 9.10. The fourth-order valence-corrected chi connectivity index (χ4v) is 2.65. The van der Waals surface area contributed by atoms with E-state index in [1.165, 1.54) is 12.1 Å². The Balaban J connectivity index is 2.52. The van der Waals surface area contributed by atoms with Crippen LogP contribution in [-0.4, -0.2) is 15.6 Å². The highest BCUT2D eigenvalue weighted by Gasteiger charge is 2.14. The average molecular weight is 333 g/mol. The molecular weight excluding hydrogens is 321 g/mol. The zero-order chi connectivity index (χ0) is 13.3. The Kier molecular flexibility index (Phi) is 3.92. The predicted octanol–water partition coefficient (Wildman–Crippen LogP) is 4.25. The van der Waals surface area contributed by atoms with Crippen LogP contribution in [-0.2, 0) is 0 Å². The van der Waals surface area contributed by atoms with Gasteiger partial charge in [0.05, 0.1) is 10.7 Å².